The molecule has 1 heterocycles. The fourth-order valence-electron chi connectivity index (χ4n) is 3.17. The first-order chi connectivity index (χ1) is 16.1. The zero-order valence-electron chi connectivity index (χ0n) is 19.1. The van der Waals surface area contributed by atoms with Crippen LogP contribution in [-0.2, 0) is 52.4 Å². The molecule has 11 heteroatoms. The van der Waals surface area contributed by atoms with Crippen LogP contribution in [0.4, 0.5) is 0 Å². The van der Waals surface area contributed by atoms with Gasteiger partial charge in [-0.3, -0.25) is 19.2 Å². The molecule has 5 atom stereocenters. The molecular weight excluding hydrogens is 452 g/mol. The monoisotopic (exact) mass is 478 g/mol. The van der Waals surface area contributed by atoms with Crippen LogP contribution in [0.3, 0.4) is 0 Å². The van der Waals surface area contributed by atoms with Gasteiger partial charge in [0.15, 0.2) is 12.2 Å². The highest BCUT2D eigenvalue weighted by Crippen LogP contribution is 2.30. The molecule has 1 saturated heterocycles. The van der Waals surface area contributed by atoms with Gasteiger partial charge in [-0.05, 0) is 11.6 Å². The zero-order chi connectivity index (χ0) is 25.3. The lowest BCUT2D eigenvalue weighted by Crippen LogP contribution is -2.63. The highest BCUT2D eigenvalue weighted by atomic mass is 16.7. The van der Waals surface area contributed by atoms with E-state index in [1.165, 1.54) is 6.08 Å². The second-order valence-electron chi connectivity index (χ2n) is 7.25. The maximum atomic E-state index is 12.5. The first-order valence-electron chi connectivity index (χ1n) is 10.3. The number of esters is 5. The Labute approximate surface area is 195 Å². The van der Waals surface area contributed by atoms with Gasteiger partial charge in [-0.1, -0.05) is 30.3 Å². The van der Waals surface area contributed by atoms with Crippen molar-refractivity contribution in [2.45, 2.75) is 58.4 Å². The minimum Gasteiger partial charge on any atom is -0.463 e. The molecule has 0 spiro atoms. The number of benzene rings is 1. The van der Waals surface area contributed by atoms with Crippen molar-refractivity contribution >= 4 is 35.9 Å². The lowest BCUT2D eigenvalue weighted by atomic mass is 9.98. The van der Waals surface area contributed by atoms with Gasteiger partial charge in [-0.2, -0.15) is 0 Å². The molecule has 0 N–H and O–H groups in total. The van der Waals surface area contributed by atoms with Crippen LogP contribution < -0.4 is 0 Å². The molecule has 1 fully saturated rings. The predicted octanol–water partition coefficient (Wildman–Crippen LogP) is 1.33. The molecule has 1 aliphatic heterocycles. The van der Waals surface area contributed by atoms with Gasteiger partial charge in [0.2, 0.25) is 12.4 Å². The molecule has 1 aliphatic rings. The molecule has 0 aliphatic carbocycles. The third-order valence-corrected chi connectivity index (χ3v) is 4.39. The Morgan fingerprint density at radius 2 is 1.32 bits per heavy atom. The van der Waals surface area contributed by atoms with Gasteiger partial charge in [0.25, 0.3) is 0 Å². The summed E-state index contributed by atoms with van der Waals surface area (Å²) < 4.78 is 31.7. The second-order valence-corrected chi connectivity index (χ2v) is 7.25. The summed E-state index contributed by atoms with van der Waals surface area (Å²) in [5.74, 6) is -3.87. The molecule has 0 bridgehead atoms. The van der Waals surface area contributed by atoms with Gasteiger partial charge in [0.1, 0.15) is 12.7 Å². The number of carbonyl (C=O) groups excluding carboxylic acids is 5. The van der Waals surface area contributed by atoms with Crippen LogP contribution in [-0.4, -0.2) is 67.2 Å². The number of hydrogen-bond donors (Lipinski definition) is 0. The summed E-state index contributed by atoms with van der Waals surface area (Å²) in [6, 6.07) is 8.90. The zero-order valence-corrected chi connectivity index (χ0v) is 19.1. The van der Waals surface area contributed by atoms with Crippen molar-refractivity contribution in [2.75, 3.05) is 6.61 Å². The molecular formula is C23H26O11. The molecule has 1 aromatic carbocycles. The van der Waals surface area contributed by atoms with Crippen LogP contribution in [0.25, 0.3) is 6.08 Å². The van der Waals surface area contributed by atoms with Crippen molar-refractivity contribution in [3.63, 3.8) is 0 Å². The lowest BCUT2D eigenvalue weighted by Gasteiger charge is -2.43. The van der Waals surface area contributed by atoms with E-state index < -0.39 is 67.2 Å². The Kier molecular flexibility index (Phi) is 9.75. The molecule has 2 rings (SSSR count). The molecule has 34 heavy (non-hydrogen) atoms. The average molecular weight is 478 g/mol. The summed E-state index contributed by atoms with van der Waals surface area (Å²) in [5.41, 5.74) is 0.723. The molecule has 0 unspecified atom stereocenters. The normalized spacial score (nSPS) is 24.1. The van der Waals surface area contributed by atoms with Crippen molar-refractivity contribution in [2.24, 2.45) is 0 Å². The summed E-state index contributed by atoms with van der Waals surface area (Å²) in [6.45, 7) is 4.02. The van der Waals surface area contributed by atoms with Crippen LogP contribution in [0.15, 0.2) is 36.4 Å². The maximum Gasteiger partial charge on any atom is 0.333 e. The van der Waals surface area contributed by atoms with E-state index >= 15 is 0 Å². The van der Waals surface area contributed by atoms with E-state index in [0.29, 0.717) is 0 Å². The number of hydrogen-bond acceptors (Lipinski definition) is 11. The van der Waals surface area contributed by atoms with Gasteiger partial charge < -0.3 is 28.4 Å². The summed E-state index contributed by atoms with van der Waals surface area (Å²) in [7, 11) is 0. The first kappa shape index (κ1) is 26.5. The molecule has 1 aromatic rings. The van der Waals surface area contributed by atoms with Crippen LogP contribution in [0, 0.1) is 0 Å². The molecule has 11 nitrogen and oxygen atoms in total. The number of ether oxygens (including phenoxy) is 6. The minimum atomic E-state index is -1.58. The fraction of sp³-hybridized carbons (Fsp3) is 0.435. The van der Waals surface area contributed by atoms with Gasteiger partial charge in [0.05, 0.1) is 0 Å². The highest BCUT2D eigenvalue weighted by Gasteiger charge is 2.53. The quantitative estimate of drug-likeness (QED) is 0.303. The number of rotatable bonds is 8. The molecule has 0 radical (unpaired) electrons. The smallest absolute Gasteiger partial charge is 0.333 e. The van der Waals surface area contributed by atoms with E-state index in [1.54, 1.807) is 24.3 Å². The third-order valence-electron chi connectivity index (χ3n) is 4.39. The van der Waals surface area contributed by atoms with Crippen LogP contribution in [0.2, 0.25) is 0 Å². The van der Waals surface area contributed by atoms with Gasteiger partial charge >= 0.3 is 29.8 Å². The Balaban J connectivity index is 2.35. The van der Waals surface area contributed by atoms with Crippen molar-refractivity contribution in [1.82, 2.24) is 0 Å². The average Bonchev–Trinajstić information content (AvgIpc) is 2.75. The summed E-state index contributed by atoms with van der Waals surface area (Å²) in [4.78, 5) is 59.1. The Morgan fingerprint density at radius 3 is 1.88 bits per heavy atom. The van der Waals surface area contributed by atoms with E-state index in [2.05, 4.69) is 0 Å². The first-order valence-corrected chi connectivity index (χ1v) is 10.3. The van der Waals surface area contributed by atoms with Crippen molar-refractivity contribution in [1.29, 1.82) is 0 Å². The highest BCUT2D eigenvalue weighted by molar-refractivity contribution is 5.87. The molecule has 184 valence electrons. The second kappa shape index (κ2) is 12.5. The fourth-order valence-corrected chi connectivity index (χ4v) is 3.17. The van der Waals surface area contributed by atoms with Crippen molar-refractivity contribution in [3.05, 3.63) is 42.0 Å². The van der Waals surface area contributed by atoms with Crippen molar-refractivity contribution < 1.29 is 52.4 Å². The van der Waals surface area contributed by atoms with Crippen LogP contribution >= 0.6 is 0 Å². The van der Waals surface area contributed by atoms with Crippen LogP contribution in [0.1, 0.15) is 33.3 Å². The third kappa shape index (κ3) is 8.32. The lowest BCUT2D eigenvalue weighted by molar-refractivity contribution is -0.299. The topological polar surface area (TPSA) is 141 Å². The van der Waals surface area contributed by atoms with Crippen LogP contribution in [0.5, 0.6) is 0 Å². The summed E-state index contributed by atoms with van der Waals surface area (Å²) in [6.07, 6.45) is -4.39. The molecule has 0 saturated carbocycles. The SMILES string of the molecule is CC(=O)OC[C@H]1O[C@@H](OC(=O)/C=C/c2ccccc2)[C@H](OC(C)=O)[C@@H](OC(C)=O)[C@@H]1OC(C)=O. The van der Waals surface area contributed by atoms with E-state index in [4.69, 9.17) is 28.4 Å². The summed E-state index contributed by atoms with van der Waals surface area (Å²) >= 11 is 0. The maximum absolute atomic E-state index is 12.5. The molecule has 0 amide bonds. The Hall–Kier alpha value is -3.73. The predicted molar refractivity (Wildman–Crippen MR) is 114 cm³/mol. The minimum absolute atomic E-state index is 0.425. The Bertz CT molecular complexity index is 924. The standard InChI is InChI=1S/C23H26O11/c1-13(24)29-12-18-20(30-14(2)25)21(31-15(3)26)22(32-16(4)27)23(33-18)34-19(28)11-10-17-8-6-5-7-9-17/h5-11,18,20-23H,12H2,1-4H3/b11-10+/t18-,20-,21+,22-,23+/m1/s1. The summed E-state index contributed by atoms with van der Waals surface area (Å²) in [5, 5.41) is 0. The van der Waals surface area contributed by atoms with E-state index in [0.717, 1.165) is 39.3 Å². The molecule has 0 aromatic heterocycles. The largest absolute Gasteiger partial charge is 0.463 e. The van der Waals surface area contributed by atoms with Gasteiger partial charge in [-0.15, -0.1) is 0 Å². The Morgan fingerprint density at radius 1 is 0.765 bits per heavy atom. The van der Waals surface area contributed by atoms with Gasteiger partial charge in [0, 0.05) is 33.8 Å². The van der Waals surface area contributed by atoms with E-state index in [1.807, 2.05) is 6.07 Å². The van der Waals surface area contributed by atoms with E-state index in [-0.39, 0.29) is 0 Å². The number of carbonyl (C=O) groups is 5. The van der Waals surface area contributed by atoms with E-state index in [9.17, 15) is 24.0 Å². The van der Waals surface area contributed by atoms with Gasteiger partial charge in [-0.25, -0.2) is 4.79 Å². The van der Waals surface area contributed by atoms with Crippen molar-refractivity contribution in [3.8, 4) is 0 Å².